The Morgan fingerprint density at radius 1 is 0.100 bits per heavy atom. The van der Waals surface area contributed by atoms with Gasteiger partial charge in [0, 0.05) is 0 Å². The van der Waals surface area contributed by atoms with E-state index >= 15 is 52.7 Å². The lowest BCUT2D eigenvalue weighted by molar-refractivity contribution is 0.412. The second-order valence-corrected chi connectivity index (χ2v) is 12.0. The van der Waals surface area contributed by atoms with Gasteiger partial charge in [0.25, 0.3) is 0 Å². The molecule has 0 aliphatic rings. The van der Waals surface area contributed by atoms with Gasteiger partial charge in [0.1, 0.15) is 34.9 Å². The van der Waals surface area contributed by atoms with Gasteiger partial charge in [-0.1, -0.05) is 0 Å². The highest BCUT2D eigenvalue weighted by atomic mass is 19.2. The zero-order chi connectivity index (χ0) is 44.8. The summed E-state index contributed by atoms with van der Waals surface area (Å²) in [5, 5.41) is -15.8. The van der Waals surface area contributed by atoms with Gasteiger partial charge < -0.3 is 0 Å². The molecular weight excluding hydrogens is 888 g/mol. The van der Waals surface area contributed by atoms with Crippen molar-refractivity contribution in [3.8, 4) is 33.4 Å². The third-order valence-electron chi connectivity index (χ3n) is 9.08. The minimum atomic E-state index is -3.50. The Bertz CT molecular complexity index is 2830. The molecule has 0 saturated carbocycles. The molecule has 0 aliphatic carbocycles. The van der Waals surface area contributed by atoms with Crippen molar-refractivity contribution in [2.75, 3.05) is 0 Å². The van der Waals surface area contributed by atoms with Crippen molar-refractivity contribution < 1.29 is 105 Å². The van der Waals surface area contributed by atoms with Crippen molar-refractivity contribution in [3.63, 3.8) is 0 Å². The molecule has 60 heavy (non-hydrogen) atoms. The lowest BCUT2D eigenvalue weighted by Gasteiger charge is -2.21. The minimum Gasteiger partial charge on any atom is -0.205 e. The molecule has 24 heteroatoms. The quantitative estimate of drug-likeness (QED) is 0.0942. The summed E-state index contributed by atoms with van der Waals surface area (Å²) in [6.07, 6.45) is 0. The average Bonchev–Trinajstić information content (AvgIpc) is 3.20. The highest BCUT2D eigenvalue weighted by Crippen LogP contribution is 2.50. The molecule has 0 spiro atoms. The van der Waals surface area contributed by atoms with Gasteiger partial charge in [-0.15, -0.1) is 0 Å². The molecule has 0 bridgehead atoms. The number of hydrogen-bond donors (Lipinski definition) is 0. The van der Waals surface area contributed by atoms with Crippen LogP contribution in [-0.4, -0.2) is 0 Å². The van der Waals surface area contributed by atoms with E-state index in [1.807, 2.05) is 0 Å². The van der Waals surface area contributed by atoms with Crippen LogP contribution in [0.1, 0.15) is 0 Å². The fraction of sp³-hybridized carbons (Fsp3) is 0. The second kappa shape index (κ2) is 13.6. The Morgan fingerprint density at radius 2 is 0.217 bits per heavy atom. The van der Waals surface area contributed by atoms with Crippen LogP contribution in [0.3, 0.4) is 0 Å². The van der Waals surface area contributed by atoms with Crippen LogP contribution in [0.4, 0.5) is 105 Å². The Balaban J connectivity index is 1.81. The van der Waals surface area contributed by atoms with Crippen LogP contribution < -0.4 is 0 Å². The number of halogens is 24. The largest absolute Gasteiger partial charge is 0.205 e. The Morgan fingerprint density at radius 3 is 0.383 bits per heavy atom. The zero-order valence-electron chi connectivity index (χ0n) is 27.1. The minimum absolute atomic E-state index is 2.57. The van der Waals surface area contributed by atoms with Crippen molar-refractivity contribution in [1.82, 2.24) is 0 Å². The molecule has 7 aromatic rings. The topological polar surface area (TPSA) is 0 Å². The Kier molecular flexibility index (Phi) is 9.46. The zero-order valence-corrected chi connectivity index (χ0v) is 27.1. The van der Waals surface area contributed by atoms with Gasteiger partial charge in [0.05, 0.1) is 65.7 Å². The molecule has 0 aliphatic heterocycles. The molecule has 0 atom stereocenters. The second-order valence-electron chi connectivity index (χ2n) is 12.0. The van der Waals surface area contributed by atoms with Gasteiger partial charge >= 0.3 is 0 Å². The lowest BCUT2D eigenvalue weighted by atomic mass is 9.87. The van der Waals surface area contributed by atoms with Crippen molar-refractivity contribution in [2.24, 2.45) is 0 Å². The van der Waals surface area contributed by atoms with E-state index in [1.165, 1.54) is 0 Å². The van der Waals surface area contributed by atoms with Gasteiger partial charge in [0.15, 0.2) is 105 Å². The summed E-state index contributed by atoms with van der Waals surface area (Å²) in [6, 6.07) is 0. The molecule has 0 saturated heterocycles. The maximum atomic E-state index is 16.6. The highest BCUT2D eigenvalue weighted by Gasteiger charge is 2.42. The SMILES string of the molecule is Fc1c(-c2c(F)c(F)c3c(F)c(F)c(F)c(F)c3c2F)c(F)c(-c2c(F)c(F)c3c(F)c(F)c(F)c(F)c3c2F)c(F)c1-c1c(F)c(F)c2c(F)c(F)c(F)c(F)c2c1F. The summed E-state index contributed by atoms with van der Waals surface area (Å²) >= 11 is 0. The smallest absolute Gasteiger partial charge is 0.198 e. The monoisotopic (exact) mass is 888 g/mol. The predicted molar refractivity (Wildman–Crippen MR) is 154 cm³/mol. The number of fused-ring (bicyclic) bond motifs is 3. The van der Waals surface area contributed by atoms with Gasteiger partial charge in [-0.2, -0.15) is 0 Å². The van der Waals surface area contributed by atoms with E-state index < -0.39 is 205 Å². The molecule has 0 nitrogen and oxygen atoms in total. The number of rotatable bonds is 3. The molecule has 0 aromatic heterocycles. The number of benzene rings is 7. The maximum absolute atomic E-state index is 16.6. The Hall–Kier alpha value is -6.36. The molecular formula is C36F24. The van der Waals surface area contributed by atoms with Gasteiger partial charge in [-0.25, -0.2) is 105 Å². The fourth-order valence-electron chi connectivity index (χ4n) is 6.44. The summed E-state index contributed by atoms with van der Waals surface area (Å²) in [4.78, 5) is 0. The fourth-order valence-corrected chi connectivity index (χ4v) is 6.44. The van der Waals surface area contributed by atoms with Gasteiger partial charge in [-0.05, 0) is 0 Å². The maximum Gasteiger partial charge on any atom is 0.198 e. The van der Waals surface area contributed by atoms with E-state index in [2.05, 4.69) is 0 Å². The molecule has 0 heterocycles. The van der Waals surface area contributed by atoms with Crippen molar-refractivity contribution >= 4 is 32.3 Å². The van der Waals surface area contributed by atoms with E-state index in [4.69, 9.17) is 0 Å². The average molecular weight is 888 g/mol. The van der Waals surface area contributed by atoms with Gasteiger partial charge in [-0.3, -0.25) is 0 Å². The van der Waals surface area contributed by atoms with Crippen LogP contribution in [0.15, 0.2) is 0 Å². The van der Waals surface area contributed by atoms with Crippen molar-refractivity contribution in [1.29, 1.82) is 0 Å². The molecule has 0 radical (unpaired) electrons. The van der Waals surface area contributed by atoms with Crippen LogP contribution in [0.5, 0.6) is 0 Å². The summed E-state index contributed by atoms with van der Waals surface area (Å²) in [7, 11) is 0. The first-order valence-electron chi connectivity index (χ1n) is 15.0. The normalized spacial score (nSPS) is 12.0. The standard InChI is InChI=1S/C36F24/c37-13-1(4-16(40)7-10(22(46)19(4)43)28(52)34(58)31(55)25(7)49)14(38)3(6-18(42)9-12(24(48)21(6)45)30(54)36(60)33(57)27(9)51)15(39)2(13)5-17(41)8-11(23(47)20(5)44)29(53)35(59)32(56)26(8)50. The summed E-state index contributed by atoms with van der Waals surface area (Å²) < 4.78 is 363. The lowest BCUT2D eigenvalue weighted by Crippen LogP contribution is -2.13. The first kappa shape index (κ1) is 41.8. The van der Waals surface area contributed by atoms with E-state index in [0.717, 1.165) is 0 Å². The summed E-state index contributed by atoms with van der Waals surface area (Å²) in [5.74, 6) is -76.5. The first-order valence-corrected chi connectivity index (χ1v) is 15.0. The molecule has 7 rings (SSSR count). The van der Waals surface area contributed by atoms with Crippen LogP contribution in [0, 0.1) is 140 Å². The third-order valence-corrected chi connectivity index (χ3v) is 9.08. The van der Waals surface area contributed by atoms with Crippen LogP contribution in [-0.2, 0) is 0 Å². The van der Waals surface area contributed by atoms with E-state index in [1.54, 1.807) is 0 Å². The highest BCUT2D eigenvalue weighted by molar-refractivity contribution is 5.97. The van der Waals surface area contributed by atoms with Gasteiger partial charge in [0.2, 0.25) is 0 Å². The third kappa shape index (κ3) is 5.07. The van der Waals surface area contributed by atoms with Crippen LogP contribution >= 0.6 is 0 Å². The molecule has 312 valence electrons. The molecule has 0 unspecified atom stereocenters. The Labute approximate surface area is 311 Å². The summed E-state index contributed by atoms with van der Waals surface area (Å²) in [5.41, 5.74) is -18.7. The van der Waals surface area contributed by atoms with E-state index in [-0.39, 0.29) is 0 Å². The molecule has 0 N–H and O–H groups in total. The van der Waals surface area contributed by atoms with E-state index in [0.29, 0.717) is 0 Å². The molecule has 0 amide bonds. The van der Waals surface area contributed by atoms with Crippen molar-refractivity contribution in [2.45, 2.75) is 0 Å². The molecule has 7 aromatic carbocycles. The van der Waals surface area contributed by atoms with E-state index in [9.17, 15) is 52.7 Å². The molecule has 0 fully saturated rings. The van der Waals surface area contributed by atoms with Crippen LogP contribution in [0.2, 0.25) is 0 Å². The van der Waals surface area contributed by atoms with Crippen LogP contribution in [0.25, 0.3) is 65.7 Å². The van der Waals surface area contributed by atoms with Crippen molar-refractivity contribution in [3.05, 3.63) is 140 Å². The number of hydrogen-bond acceptors (Lipinski definition) is 0. The predicted octanol–water partition coefficient (Wildman–Crippen LogP) is 13.5. The first-order chi connectivity index (χ1) is 27.9. The summed E-state index contributed by atoms with van der Waals surface area (Å²) in [6.45, 7) is 0.